The summed E-state index contributed by atoms with van der Waals surface area (Å²) in [5, 5.41) is 14.8. The van der Waals surface area contributed by atoms with Crippen molar-refractivity contribution in [1.29, 1.82) is 0 Å². The van der Waals surface area contributed by atoms with E-state index in [9.17, 15) is 19.1 Å². The van der Waals surface area contributed by atoms with Gasteiger partial charge in [0.25, 0.3) is 0 Å². The highest BCUT2D eigenvalue weighted by molar-refractivity contribution is 5.90. The molecule has 206 valence electrons. The molecule has 2 aromatic heterocycles. The number of hydrogen-bond donors (Lipinski definition) is 3. The van der Waals surface area contributed by atoms with Crippen molar-refractivity contribution in [3.8, 4) is 28.1 Å². The van der Waals surface area contributed by atoms with Crippen molar-refractivity contribution in [3.05, 3.63) is 103 Å². The Labute approximate surface area is 236 Å². The van der Waals surface area contributed by atoms with Crippen LogP contribution in [-0.2, 0) is 11.2 Å². The number of pyridine rings is 1. The van der Waals surface area contributed by atoms with Crippen LogP contribution in [0, 0.1) is 5.82 Å². The first-order chi connectivity index (χ1) is 19.9. The van der Waals surface area contributed by atoms with Gasteiger partial charge in [-0.3, -0.25) is 9.78 Å². The van der Waals surface area contributed by atoms with Crippen LogP contribution in [0.5, 0.6) is 5.75 Å². The van der Waals surface area contributed by atoms with Gasteiger partial charge in [-0.1, -0.05) is 36.4 Å². The maximum atomic E-state index is 13.1. The van der Waals surface area contributed by atoms with E-state index in [-0.39, 0.29) is 29.9 Å². The molecule has 3 amide bonds. The van der Waals surface area contributed by atoms with Crippen molar-refractivity contribution in [2.75, 3.05) is 31.5 Å². The molecule has 1 aliphatic heterocycles. The second-order valence-electron chi connectivity index (χ2n) is 10.0. The third-order valence-electron chi connectivity index (χ3n) is 7.38. The first-order valence-electron chi connectivity index (χ1n) is 13.4. The Morgan fingerprint density at radius 1 is 0.902 bits per heavy atom. The normalized spacial score (nSPS) is 13.4. The van der Waals surface area contributed by atoms with Crippen molar-refractivity contribution in [2.45, 2.75) is 6.42 Å². The minimum absolute atomic E-state index is 0.00510. The number of carbonyl (C=O) groups is 2. The minimum atomic E-state index is -0.364. The fourth-order valence-corrected chi connectivity index (χ4v) is 5.09. The number of nitrogens with one attached hydrogen (secondary N) is 2. The number of phenolic OH excluding ortho intramolecular Hbond substituents is 1. The van der Waals surface area contributed by atoms with Crippen LogP contribution in [0.3, 0.4) is 0 Å². The fraction of sp³-hybridized carbons (Fsp3) is 0.156. The second-order valence-corrected chi connectivity index (χ2v) is 10.0. The molecule has 9 heteroatoms. The molecule has 8 nitrogen and oxygen atoms in total. The Balaban J connectivity index is 1.07. The van der Waals surface area contributed by atoms with Gasteiger partial charge in [0.1, 0.15) is 11.6 Å². The van der Waals surface area contributed by atoms with E-state index in [1.807, 2.05) is 54.6 Å². The molecule has 0 saturated carbocycles. The monoisotopic (exact) mass is 549 g/mol. The maximum Gasteiger partial charge on any atom is 0.321 e. The smallest absolute Gasteiger partial charge is 0.321 e. The number of aromatic amines is 1. The predicted octanol–water partition coefficient (Wildman–Crippen LogP) is 5.66. The van der Waals surface area contributed by atoms with Gasteiger partial charge in [-0.25, -0.2) is 9.18 Å². The Morgan fingerprint density at radius 2 is 1.61 bits per heavy atom. The summed E-state index contributed by atoms with van der Waals surface area (Å²) < 4.78 is 13.1. The number of aromatic nitrogens is 2. The minimum Gasteiger partial charge on any atom is -0.507 e. The molecule has 0 aliphatic carbocycles. The van der Waals surface area contributed by atoms with Crippen LogP contribution in [0.25, 0.3) is 33.3 Å². The lowest BCUT2D eigenvalue weighted by atomic mass is 9.98. The Hall–Kier alpha value is -5.18. The summed E-state index contributed by atoms with van der Waals surface area (Å²) in [6.45, 7) is 1.72. The number of piperazine rings is 1. The molecule has 6 rings (SSSR count). The van der Waals surface area contributed by atoms with E-state index >= 15 is 0 Å². The molecule has 0 atom stereocenters. The number of amides is 3. The molecule has 0 radical (unpaired) electrons. The average Bonchev–Trinajstić information content (AvgIpc) is 3.43. The third kappa shape index (κ3) is 5.60. The molecule has 5 aromatic rings. The Morgan fingerprint density at radius 3 is 2.34 bits per heavy atom. The topological polar surface area (TPSA) is 102 Å². The highest BCUT2D eigenvalue weighted by Crippen LogP contribution is 2.38. The Kier molecular flexibility index (Phi) is 7.08. The van der Waals surface area contributed by atoms with Gasteiger partial charge in [-0.15, -0.1) is 0 Å². The van der Waals surface area contributed by atoms with Crippen LogP contribution in [0.15, 0.2) is 91.3 Å². The first-order valence-corrected chi connectivity index (χ1v) is 13.4. The summed E-state index contributed by atoms with van der Waals surface area (Å²) in [6, 6.07) is 22.5. The molecule has 41 heavy (non-hydrogen) atoms. The second kappa shape index (κ2) is 11.1. The number of H-pyrrole nitrogens is 1. The molecule has 0 spiro atoms. The van der Waals surface area contributed by atoms with E-state index in [2.05, 4.69) is 15.3 Å². The van der Waals surface area contributed by atoms with E-state index in [0.29, 0.717) is 43.0 Å². The van der Waals surface area contributed by atoms with Crippen molar-refractivity contribution in [2.24, 2.45) is 0 Å². The quantitative estimate of drug-likeness (QED) is 0.263. The summed E-state index contributed by atoms with van der Waals surface area (Å²) in [7, 11) is 0. The fourth-order valence-electron chi connectivity index (χ4n) is 5.09. The standard InChI is InChI=1S/C32H28FN5O3/c33-24-8-10-25(11-9-24)35-32(41)38-16-14-37(15-17-38)30(39)18-21-4-6-22(7-5-21)26-2-1-3-27(31(26)40)29-19-23-20-34-13-12-28(23)36-29/h1-13,19-20,36,40H,14-18H2,(H,35,41). The van der Waals surface area contributed by atoms with Gasteiger partial charge in [0, 0.05) is 66.3 Å². The summed E-state index contributed by atoms with van der Waals surface area (Å²) in [4.78, 5) is 36.4. The van der Waals surface area contributed by atoms with Crippen molar-refractivity contribution in [3.63, 3.8) is 0 Å². The molecule has 1 saturated heterocycles. The van der Waals surface area contributed by atoms with Gasteiger partial charge in [0.2, 0.25) is 5.91 Å². The van der Waals surface area contributed by atoms with E-state index in [4.69, 9.17) is 0 Å². The van der Waals surface area contributed by atoms with Gasteiger partial charge in [0.05, 0.1) is 12.1 Å². The lowest BCUT2D eigenvalue weighted by molar-refractivity contribution is -0.131. The molecule has 1 aliphatic rings. The molecule has 3 aromatic carbocycles. The van der Waals surface area contributed by atoms with Gasteiger partial charge in [-0.2, -0.15) is 0 Å². The zero-order valence-corrected chi connectivity index (χ0v) is 22.2. The number of carbonyl (C=O) groups excluding carboxylic acids is 2. The molecular formula is C32H28FN5O3. The van der Waals surface area contributed by atoms with Gasteiger partial charge < -0.3 is 25.2 Å². The SMILES string of the molecule is O=C(Cc1ccc(-c2cccc(-c3cc4cnccc4[nH]3)c2O)cc1)N1CCN(C(=O)Nc2ccc(F)cc2)CC1. The molecule has 3 N–H and O–H groups in total. The number of urea groups is 1. The van der Waals surface area contributed by atoms with E-state index in [0.717, 1.165) is 27.7 Å². The lowest BCUT2D eigenvalue weighted by Crippen LogP contribution is -2.52. The predicted molar refractivity (Wildman–Crippen MR) is 156 cm³/mol. The van der Waals surface area contributed by atoms with Crippen molar-refractivity contribution in [1.82, 2.24) is 19.8 Å². The summed E-state index contributed by atoms with van der Waals surface area (Å²) >= 11 is 0. The number of phenols is 1. The number of nitrogens with zero attached hydrogens (tertiary/aromatic N) is 3. The highest BCUT2D eigenvalue weighted by atomic mass is 19.1. The number of hydrogen-bond acceptors (Lipinski definition) is 4. The first kappa shape index (κ1) is 26.1. The van der Waals surface area contributed by atoms with Crippen LogP contribution in [0.4, 0.5) is 14.9 Å². The molecule has 0 bridgehead atoms. The number of para-hydroxylation sites is 1. The zero-order valence-electron chi connectivity index (χ0n) is 22.2. The van der Waals surface area contributed by atoms with Crippen molar-refractivity contribution >= 4 is 28.5 Å². The largest absolute Gasteiger partial charge is 0.507 e. The Bertz CT molecular complexity index is 1680. The van der Waals surface area contributed by atoms with Gasteiger partial charge >= 0.3 is 6.03 Å². The number of benzene rings is 3. The molecule has 1 fully saturated rings. The number of fused-ring (bicyclic) bond motifs is 1. The van der Waals surface area contributed by atoms with Crippen LogP contribution >= 0.6 is 0 Å². The van der Waals surface area contributed by atoms with Crippen LogP contribution < -0.4 is 5.32 Å². The van der Waals surface area contributed by atoms with Gasteiger partial charge in [0.15, 0.2) is 0 Å². The summed E-state index contributed by atoms with van der Waals surface area (Å²) in [6.07, 6.45) is 3.75. The zero-order chi connectivity index (χ0) is 28.3. The van der Waals surface area contributed by atoms with Crippen LogP contribution in [-0.4, -0.2) is 63.0 Å². The number of halogens is 1. The van der Waals surface area contributed by atoms with Crippen LogP contribution in [0.1, 0.15) is 5.56 Å². The number of aromatic hydroxyl groups is 1. The van der Waals surface area contributed by atoms with Gasteiger partial charge in [-0.05, 0) is 53.6 Å². The lowest BCUT2D eigenvalue weighted by Gasteiger charge is -2.34. The van der Waals surface area contributed by atoms with Crippen LogP contribution in [0.2, 0.25) is 0 Å². The van der Waals surface area contributed by atoms with E-state index < -0.39 is 0 Å². The summed E-state index contributed by atoms with van der Waals surface area (Å²) in [5.41, 5.74) is 5.39. The third-order valence-corrected chi connectivity index (χ3v) is 7.38. The van der Waals surface area contributed by atoms with E-state index in [1.54, 1.807) is 22.2 Å². The molecule has 3 heterocycles. The number of rotatable bonds is 5. The summed E-state index contributed by atoms with van der Waals surface area (Å²) in [5.74, 6) is -0.191. The molecule has 0 unspecified atom stereocenters. The highest BCUT2D eigenvalue weighted by Gasteiger charge is 2.24. The molecular weight excluding hydrogens is 521 g/mol. The number of anilines is 1. The maximum absolute atomic E-state index is 13.1. The van der Waals surface area contributed by atoms with E-state index in [1.165, 1.54) is 24.3 Å². The van der Waals surface area contributed by atoms with Crippen molar-refractivity contribution < 1.29 is 19.1 Å². The average molecular weight is 550 g/mol.